The average molecular weight is 357 g/mol. The Morgan fingerprint density at radius 1 is 1.48 bits per heavy atom. The molecule has 2 N–H and O–H groups in total. The number of fused-ring (bicyclic) bond motifs is 1. The van der Waals surface area contributed by atoms with Crippen LogP contribution in [0.2, 0.25) is 0 Å². The number of anilines is 2. The van der Waals surface area contributed by atoms with Crippen molar-refractivity contribution in [2.75, 3.05) is 17.2 Å². The molecule has 1 heterocycles. The first-order chi connectivity index (χ1) is 11.6. The molecule has 2 rings (SSSR count). The molecule has 1 atom stereocenters. The van der Waals surface area contributed by atoms with Crippen LogP contribution < -0.4 is 15.4 Å². The quantitative estimate of drug-likeness (QED) is 0.849. The smallest absolute Gasteiger partial charge is 0.427 e. The highest BCUT2D eigenvalue weighted by atomic mass is 19.4. The molecular weight excluding hydrogens is 339 g/mol. The lowest BCUT2D eigenvalue weighted by Gasteiger charge is -2.28. The number of benzene rings is 1. The molecule has 1 aliphatic heterocycles. The van der Waals surface area contributed by atoms with Gasteiger partial charge in [-0.3, -0.25) is 5.32 Å². The zero-order valence-electron chi connectivity index (χ0n) is 13.7. The molecule has 0 unspecified atom stereocenters. The summed E-state index contributed by atoms with van der Waals surface area (Å²) in [5.41, 5.74) is -1.73. The van der Waals surface area contributed by atoms with Gasteiger partial charge in [0, 0.05) is 12.1 Å². The van der Waals surface area contributed by atoms with Crippen molar-refractivity contribution in [2.45, 2.75) is 44.6 Å². The molecule has 9 heteroatoms. The Balaban J connectivity index is 1.99. The van der Waals surface area contributed by atoms with E-state index >= 15 is 0 Å². The molecule has 1 aliphatic rings. The van der Waals surface area contributed by atoms with Crippen LogP contribution in [0.25, 0.3) is 0 Å². The van der Waals surface area contributed by atoms with Gasteiger partial charge in [-0.2, -0.15) is 18.4 Å². The third kappa shape index (κ3) is 4.68. The Morgan fingerprint density at radius 2 is 2.20 bits per heavy atom. The van der Waals surface area contributed by atoms with Gasteiger partial charge in [0.2, 0.25) is 5.60 Å². The van der Waals surface area contributed by atoms with E-state index in [4.69, 9.17) is 10.00 Å². The summed E-state index contributed by atoms with van der Waals surface area (Å²) in [6, 6.07) is 6.67. The van der Waals surface area contributed by atoms with Crippen molar-refractivity contribution < 1.29 is 27.4 Å². The average Bonchev–Trinajstić information content (AvgIpc) is 2.51. The summed E-state index contributed by atoms with van der Waals surface area (Å²) >= 11 is 0. The first kappa shape index (κ1) is 18.7. The van der Waals surface area contributed by atoms with Crippen LogP contribution in [-0.4, -0.2) is 30.5 Å². The van der Waals surface area contributed by atoms with Crippen LogP contribution in [0.5, 0.6) is 5.75 Å². The number of rotatable bonds is 4. The zero-order chi connectivity index (χ0) is 18.7. The third-order valence-corrected chi connectivity index (χ3v) is 3.65. The van der Waals surface area contributed by atoms with Gasteiger partial charge in [0.25, 0.3) is 0 Å². The predicted molar refractivity (Wildman–Crippen MR) is 84.4 cm³/mol. The third-order valence-electron chi connectivity index (χ3n) is 3.65. The molecule has 25 heavy (non-hydrogen) atoms. The van der Waals surface area contributed by atoms with Crippen LogP contribution in [0.3, 0.4) is 0 Å². The van der Waals surface area contributed by atoms with Gasteiger partial charge in [0.05, 0.1) is 18.3 Å². The Labute approximate surface area is 142 Å². The molecule has 1 aromatic carbocycles. The second-order valence-electron chi connectivity index (χ2n) is 6.05. The maximum absolute atomic E-state index is 12.7. The van der Waals surface area contributed by atoms with Crippen molar-refractivity contribution in [3.63, 3.8) is 0 Å². The fourth-order valence-corrected chi connectivity index (χ4v) is 2.11. The lowest BCUT2D eigenvalue weighted by atomic mass is 10.1. The number of carbonyl (C=O) groups is 1. The standard InChI is InChI=1S/C16H18F3N3O3/c1-15(2,16(17,18)19)25-14(23)22-10-5-6-13-12(8-10)21-9-11(24-13)4-3-7-20/h5-6,8,11,21H,3-4,9H2,1-2H3,(H,22,23)/t11-/m0/s1. The van der Waals surface area contributed by atoms with Crippen LogP contribution in [0.1, 0.15) is 26.7 Å². The second kappa shape index (κ2) is 7.09. The molecule has 0 spiro atoms. The van der Waals surface area contributed by atoms with Crippen LogP contribution in [0.15, 0.2) is 18.2 Å². The minimum absolute atomic E-state index is 0.136. The minimum Gasteiger partial charge on any atom is -0.486 e. The molecule has 0 bridgehead atoms. The van der Waals surface area contributed by atoms with Crippen molar-refractivity contribution in [3.8, 4) is 11.8 Å². The molecule has 0 saturated carbocycles. The number of carbonyl (C=O) groups excluding carboxylic acids is 1. The Bertz CT molecular complexity index is 683. The lowest BCUT2D eigenvalue weighted by Crippen LogP contribution is -2.44. The number of ether oxygens (including phenoxy) is 2. The highest BCUT2D eigenvalue weighted by Crippen LogP contribution is 2.34. The van der Waals surface area contributed by atoms with E-state index in [1.807, 2.05) is 6.07 Å². The highest BCUT2D eigenvalue weighted by Gasteiger charge is 2.50. The molecule has 0 fully saturated rings. The summed E-state index contributed by atoms with van der Waals surface area (Å²) in [6.45, 7) is 2.04. The van der Waals surface area contributed by atoms with Crippen LogP contribution in [-0.2, 0) is 4.74 Å². The number of amides is 1. The van der Waals surface area contributed by atoms with Crippen molar-refractivity contribution >= 4 is 17.5 Å². The van der Waals surface area contributed by atoms with E-state index in [-0.39, 0.29) is 11.8 Å². The van der Waals surface area contributed by atoms with E-state index < -0.39 is 17.9 Å². The first-order valence-electron chi connectivity index (χ1n) is 7.60. The topological polar surface area (TPSA) is 83.4 Å². The number of alkyl halides is 3. The number of nitrogens with zero attached hydrogens (tertiary/aromatic N) is 1. The number of hydrogen-bond acceptors (Lipinski definition) is 5. The maximum Gasteiger partial charge on any atom is 0.427 e. The fourth-order valence-electron chi connectivity index (χ4n) is 2.11. The number of hydrogen-bond donors (Lipinski definition) is 2. The van der Waals surface area contributed by atoms with Gasteiger partial charge in [-0.1, -0.05) is 0 Å². The molecule has 0 saturated heterocycles. The van der Waals surface area contributed by atoms with Gasteiger partial charge < -0.3 is 14.8 Å². The van der Waals surface area contributed by atoms with E-state index in [1.165, 1.54) is 12.1 Å². The summed E-state index contributed by atoms with van der Waals surface area (Å²) in [7, 11) is 0. The van der Waals surface area contributed by atoms with Crippen molar-refractivity contribution in [3.05, 3.63) is 18.2 Å². The summed E-state index contributed by atoms with van der Waals surface area (Å²) in [6.07, 6.45) is -5.05. The van der Waals surface area contributed by atoms with Gasteiger partial charge in [0.1, 0.15) is 11.9 Å². The Kier molecular flexibility index (Phi) is 5.30. The molecule has 0 radical (unpaired) electrons. The minimum atomic E-state index is -4.67. The largest absolute Gasteiger partial charge is 0.486 e. The molecule has 6 nitrogen and oxygen atoms in total. The lowest BCUT2D eigenvalue weighted by molar-refractivity contribution is -0.242. The van der Waals surface area contributed by atoms with Crippen LogP contribution in [0, 0.1) is 11.3 Å². The molecule has 0 aromatic heterocycles. The highest BCUT2D eigenvalue weighted by molar-refractivity contribution is 5.86. The van der Waals surface area contributed by atoms with E-state index in [0.29, 0.717) is 30.8 Å². The van der Waals surface area contributed by atoms with Gasteiger partial charge in [-0.05, 0) is 38.5 Å². The summed E-state index contributed by atoms with van der Waals surface area (Å²) in [5.74, 6) is 0.545. The molecule has 136 valence electrons. The van der Waals surface area contributed by atoms with Crippen LogP contribution in [0.4, 0.5) is 29.3 Å². The Morgan fingerprint density at radius 3 is 2.84 bits per heavy atom. The number of nitriles is 1. The number of halogens is 3. The first-order valence-corrected chi connectivity index (χ1v) is 7.60. The second-order valence-corrected chi connectivity index (χ2v) is 6.05. The van der Waals surface area contributed by atoms with E-state index in [0.717, 1.165) is 13.8 Å². The van der Waals surface area contributed by atoms with E-state index in [9.17, 15) is 18.0 Å². The van der Waals surface area contributed by atoms with E-state index in [2.05, 4.69) is 15.4 Å². The monoisotopic (exact) mass is 357 g/mol. The fraction of sp³-hybridized carbons (Fsp3) is 0.500. The van der Waals surface area contributed by atoms with Gasteiger partial charge in [0.15, 0.2) is 0 Å². The van der Waals surface area contributed by atoms with Gasteiger partial charge in [-0.25, -0.2) is 4.79 Å². The molecule has 0 aliphatic carbocycles. The normalized spacial score (nSPS) is 16.7. The summed E-state index contributed by atoms with van der Waals surface area (Å²) in [5, 5.41) is 14.0. The summed E-state index contributed by atoms with van der Waals surface area (Å²) < 4.78 is 48.4. The van der Waals surface area contributed by atoms with Crippen molar-refractivity contribution in [2.24, 2.45) is 0 Å². The summed E-state index contributed by atoms with van der Waals surface area (Å²) in [4.78, 5) is 11.7. The Hall–Kier alpha value is -2.63. The predicted octanol–water partition coefficient (Wildman–Crippen LogP) is 4.05. The van der Waals surface area contributed by atoms with Gasteiger partial charge >= 0.3 is 12.3 Å². The zero-order valence-corrected chi connectivity index (χ0v) is 13.7. The molecule has 1 aromatic rings. The van der Waals surface area contributed by atoms with Crippen LogP contribution >= 0.6 is 0 Å². The SMILES string of the molecule is CC(C)(OC(=O)Nc1ccc2c(c1)NC[C@H](CCC#N)O2)C(F)(F)F. The van der Waals surface area contributed by atoms with Crippen molar-refractivity contribution in [1.82, 2.24) is 0 Å². The van der Waals surface area contributed by atoms with Gasteiger partial charge in [-0.15, -0.1) is 0 Å². The molecule has 1 amide bonds. The van der Waals surface area contributed by atoms with E-state index in [1.54, 1.807) is 6.07 Å². The van der Waals surface area contributed by atoms with Crippen molar-refractivity contribution in [1.29, 1.82) is 5.26 Å². The molecular formula is C16H18F3N3O3. The number of nitrogens with one attached hydrogen (secondary N) is 2. The maximum atomic E-state index is 12.7.